The van der Waals surface area contributed by atoms with E-state index in [0.717, 1.165) is 36.6 Å². The molecule has 1 heterocycles. The van der Waals surface area contributed by atoms with E-state index in [1.165, 1.54) is 0 Å². The van der Waals surface area contributed by atoms with Crippen molar-refractivity contribution in [3.63, 3.8) is 0 Å². The van der Waals surface area contributed by atoms with Gasteiger partial charge in [0.05, 0.1) is 11.7 Å². The van der Waals surface area contributed by atoms with Gasteiger partial charge < -0.3 is 20.5 Å². The Bertz CT molecular complexity index is 1240. The van der Waals surface area contributed by atoms with E-state index in [4.69, 9.17) is 10.7 Å². The molecule has 2 amide bonds. The highest BCUT2D eigenvalue weighted by molar-refractivity contribution is 5.75. The average Bonchev–Trinajstić information content (AvgIpc) is 3.60. The van der Waals surface area contributed by atoms with Gasteiger partial charge in [0.25, 0.3) is 0 Å². The van der Waals surface area contributed by atoms with E-state index in [0.29, 0.717) is 12.4 Å². The minimum Gasteiger partial charge on any atom is -0.335 e. The Morgan fingerprint density at radius 1 is 1.18 bits per heavy atom. The van der Waals surface area contributed by atoms with Crippen molar-refractivity contribution >= 4 is 6.03 Å². The summed E-state index contributed by atoms with van der Waals surface area (Å²) in [5.41, 5.74) is 6.67. The van der Waals surface area contributed by atoms with Crippen molar-refractivity contribution in [3.8, 4) is 11.3 Å². The summed E-state index contributed by atoms with van der Waals surface area (Å²) in [6, 6.07) is 11.5. The predicted octanol–water partition coefficient (Wildman–Crippen LogP) is 5.82. The molecular weight excluding hydrogens is 491 g/mol. The molecule has 0 bridgehead atoms. The zero-order valence-corrected chi connectivity index (χ0v) is 22.1. The number of hydrogen-bond donors (Lipinski definition) is 2. The minimum atomic E-state index is -0.701. The Morgan fingerprint density at radius 2 is 1.89 bits per heavy atom. The Balaban J connectivity index is 1.83. The Kier molecular flexibility index (Phi) is 8.45. The van der Waals surface area contributed by atoms with Gasteiger partial charge in [-0.1, -0.05) is 51.1 Å². The summed E-state index contributed by atoms with van der Waals surface area (Å²) in [6.45, 7) is 5.92. The van der Waals surface area contributed by atoms with Crippen molar-refractivity contribution in [3.05, 3.63) is 77.8 Å². The van der Waals surface area contributed by atoms with Crippen molar-refractivity contribution in [2.24, 2.45) is 11.1 Å². The highest BCUT2D eigenvalue weighted by Gasteiger charge is 2.40. The largest absolute Gasteiger partial charge is 0.335 e. The zero-order chi connectivity index (χ0) is 27.4. The lowest BCUT2D eigenvalue weighted by Gasteiger charge is -2.40. The fourth-order valence-corrected chi connectivity index (χ4v) is 4.59. The van der Waals surface area contributed by atoms with Crippen molar-refractivity contribution < 1.29 is 18.0 Å². The number of amides is 2. The number of urea groups is 1. The molecule has 6 nitrogen and oxygen atoms in total. The number of hydrogen-bond acceptors (Lipinski definition) is 3. The maximum atomic E-state index is 14.8. The van der Waals surface area contributed by atoms with Gasteiger partial charge in [0.15, 0.2) is 0 Å². The standard InChI is InChI=1S/C29H36F3N5O/c1-29(2,3)26(37(14-13-21(33)16-30)28(38)34-22-10-11-22)27-35-25(23-15-20(31)9-12-24(23)32)18-36(27)17-19-7-5-4-6-8-19/h4-9,12,15,18,21-22,26H,10-11,13-14,16-17,33H2,1-3H3,(H,34,38)/t21-,26-/m0/s1. The SMILES string of the molecule is CC(C)(C)[C@H](c1nc(-c2cc(F)ccc2F)cn1Cc1ccccc1)N(CC[C@H](N)CF)C(=O)NC1CC1. The van der Waals surface area contributed by atoms with Crippen LogP contribution in [0.1, 0.15) is 57.5 Å². The van der Waals surface area contributed by atoms with Gasteiger partial charge in [0.2, 0.25) is 0 Å². The zero-order valence-electron chi connectivity index (χ0n) is 22.1. The molecule has 3 N–H and O–H groups in total. The van der Waals surface area contributed by atoms with Gasteiger partial charge in [-0.2, -0.15) is 0 Å². The van der Waals surface area contributed by atoms with Gasteiger partial charge in [-0.15, -0.1) is 0 Å². The molecular formula is C29H36F3N5O. The smallest absolute Gasteiger partial charge is 0.318 e. The molecule has 4 rings (SSSR count). The Hall–Kier alpha value is -3.33. The van der Waals surface area contributed by atoms with Crippen molar-refractivity contribution in [2.75, 3.05) is 13.2 Å². The number of alkyl halides is 1. The van der Waals surface area contributed by atoms with Crippen LogP contribution < -0.4 is 11.1 Å². The van der Waals surface area contributed by atoms with Crippen LogP contribution in [0.2, 0.25) is 0 Å². The topological polar surface area (TPSA) is 76.2 Å². The van der Waals surface area contributed by atoms with E-state index in [9.17, 15) is 18.0 Å². The maximum Gasteiger partial charge on any atom is 0.318 e. The molecule has 0 unspecified atom stereocenters. The van der Waals surface area contributed by atoms with Crippen molar-refractivity contribution in [1.82, 2.24) is 19.8 Å². The van der Waals surface area contributed by atoms with Crippen molar-refractivity contribution in [2.45, 2.75) is 64.7 Å². The summed E-state index contributed by atoms with van der Waals surface area (Å²) in [5.74, 6) is -0.634. The number of rotatable bonds is 10. The van der Waals surface area contributed by atoms with E-state index in [-0.39, 0.29) is 36.3 Å². The quantitative estimate of drug-likeness (QED) is 0.349. The second-order valence-electron chi connectivity index (χ2n) is 11.1. The number of aromatic nitrogens is 2. The molecule has 1 aliphatic rings. The highest BCUT2D eigenvalue weighted by Crippen LogP contribution is 2.40. The number of nitrogens with one attached hydrogen (secondary N) is 1. The van der Waals surface area contributed by atoms with E-state index in [1.54, 1.807) is 11.1 Å². The van der Waals surface area contributed by atoms with Gasteiger partial charge in [-0.3, -0.25) is 0 Å². The molecule has 1 aliphatic carbocycles. The molecule has 38 heavy (non-hydrogen) atoms. The number of nitrogens with two attached hydrogens (primary N) is 1. The third-order valence-electron chi connectivity index (χ3n) is 6.69. The first-order valence-electron chi connectivity index (χ1n) is 13.0. The normalized spacial score (nSPS) is 15.2. The van der Waals surface area contributed by atoms with Gasteiger partial charge in [-0.05, 0) is 48.4 Å². The van der Waals surface area contributed by atoms with Gasteiger partial charge in [0, 0.05) is 36.9 Å². The number of nitrogens with zero attached hydrogens (tertiary/aromatic N) is 3. The summed E-state index contributed by atoms with van der Waals surface area (Å²) in [4.78, 5) is 20.0. The van der Waals surface area contributed by atoms with Crippen LogP contribution in [0.3, 0.4) is 0 Å². The third kappa shape index (κ3) is 6.75. The Labute approximate surface area is 222 Å². The van der Waals surface area contributed by atoms with E-state index in [2.05, 4.69) is 5.32 Å². The Morgan fingerprint density at radius 3 is 2.53 bits per heavy atom. The summed E-state index contributed by atoms with van der Waals surface area (Å²) >= 11 is 0. The van der Waals surface area contributed by atoms with Crippen LogP contribution in [0.4, 0.5) is 18.0 Å². The summed E-state index contributed by atoms with van der Waals surface area (Å²) in [6.07, 6.45) is 3.79. The molecule has 0 saturated heterocycles. The predicted molar refractivity (Wildman–Crippen MR) is 142 cm³/mol. The van der Waals surface area contributed by atoms with Gasteiger partial charge in [0.1, 0.15) is 24.1 Å². The number of halogens is 3. The first-order valence-corrected chi connectivity index (χ1v) is 13.0. The molecule has 9 heteroatoms. The number of imidazole rings is 1. The molecule has 2 atom stereocenters. The highest BCUT2D eigenvalue weighted by atomic mass is 19.1. The van der Waals surface area contributed by atoms with Crippen LogP contribution in [0.5, 0.6) is 0 Å². The molecule has 0 radical (unpaired) electrons. The second kappa shape index (κ2) is 11.6. The van der Waals surface area contributed by atoms with Crippen LogP contribution in [-0.4, -0.2) is 45.8 Å². The van der Waals surface area contributed by atoms with Gasteiger partial charge in [-0.25, -0.2) is 22.9 Å². The molecule has 0 aliphatic heterocycles. The van der Waals surface area contributed by atoms with Crippen LogP contribution in [0, 0.1) is 17.0 Å². The lowest BCUT2D eigenvalue weighted by atomic mass is 9.84. The molecule has 204 valence electrons. The van der Waals surface area contributed by atoms with Gasteiger partial charge >= 0.3 is 6.03 Å². The lowest BCUT2D eigenvalue weighted by Crippen LogP contribution is -2.49. The fourth-order valence-electron chi connectivity index (χ4n) is 4.59. The van der Waals surface area contributed by atoms with Crippen molar-refractivity contribution in [1.29, 1.82) is 0 Å². The monoisotopic (exact) mass is 527 g/mol. The first kappa shape index (κ1) is 27.7. The van der Waals surface area contributed by atoms with Crippen LogP contribution >= 0.6 is 0 Å². The summed E-state index contributed by atoms with van der Waals surface area (Å²) < 4.78 is 44.0. The molecule has 1 aromatic heterocycles. The van der Waals surface area contributed by atoms with E-state index >= 15 is 0 Å². The molecule has 3 aromatic rings. The number of carbonyl (C=O) groups excluding carboxylic acids is 1. The first-order chi connectivity index (χ1) is 18.1. The molecule has 1 saturated carbocycles. The average molecular weight is 528 g/mol. The summed E-state index contributed by atoms with van der Waals surface area (Å²) in [5, 5.41) is 3.05. The third-order valence-corrected chi connectivity index (χ3v) is 6.69. The van der Waals surface area contributed by atoms with E-state index < -0.39 is 35.8 Å². The number of carbonyl (C=O) groups is 1. The van der Waals surface area contributed by atoms with E-state index in [1.807, 2.05) is 55.7 Å². The fraction of sp³-hybridized carbons (Fsp3) is 0.448. The van der Waals surface area contributed by atoms with Crippen LogP contribution in [0.25, 0.3) is 11.3 Å². The number of benzene rings is 2. The molecule has 2 aromatic carbocycles. The van der Waals surface area contributed by atoms with Crippen LogP contribution in [0.15, 0.2) is 54.7 Å². The summed E-state index contributed by atoms with van der Waals surface area (Å²) in [7, 11) is 0. The molecule has 1 fully saturated rings. The molecule has 0 spiro atoms. The van der Waals surface area contributed by atoms with Crippen LogP contribution in [-0.2, 0) is 6.54 Å². The lowest BCUT2D eigenvalue weighted by molar-refractivity contribution is 0.105. The minimum absolute atomic E-state index is 0.0409. The second-order valence-corrected chi connectivity index (χ2v) is 11.1. The maximum absolute atomic E-state index is 14.8.